The maximum Gasteiger partial charge on any atom is 0.104 e. The zero-order valence-corrected chi connectivity index (χ0v) is 11.3. The van der Waals surface area contributed by atoms with Crippen LogP contribution in [-0.4, -0.2) is 32.5 Å². The SMILES string of the molecule is CCCNC(COC1COC1)c1cccc(C)c1. The van der Waals surface area contributed by atoms with Gasteiger partial charge in [-0.1, -0.05) is 36.8 Å². The molecular formula is C15H23NO2. The molecule has 0 spiro atoms. The Morgan fingerprint density at radius 3 is 2.89 bits per heavy atom. The third-order valence-corrected chi connectivity index (χ3v) is 3.19. The average Bonchev–Trinajstić information content (AvgIpc) is 2.31. The Kier molecular flexibility index (Phi) is 5.17. The molecule has 1 fully saturated rings. The van der Waals surface area contributed by atoms with E-state index < -0.39 is 0 Å². The molecule has 0 bridgehead atoms. The molecule has 0 radical (unpaired) electrons. The lowest BCUT2D eigenvalue weighted by Gasteiger charge is -2.28. The summed E-state index contributed by atoms with van der Waals surface area (Å²) in [5.74, 6) is 0. The predicted octanol–water partition coefficient (Wildman–Crippen LogP) is 2.45. The van der Waals surface area contributed by atoms with Crippen molar-refractivity contribution in [2.75, 3.05) is 26.4 Å². The molecule has 1 atom stereocenters. The molecule has 0 saturated carbocycles. The van der Waals surface area contributed by atoms with E-state index in [0.29, 0.717) is 6.10 Å². The summed E-state index contributed by atoms with van der Waals surface area (Å²) in [5, 5.41) is 3.55. The van der Waals surface area contributed by atoms with E-state index in [1.165, 1.54) is 11.1 Å². The number of hydrogen-bond donors (Lipinski definition) is 1. The molecule has 2 rings (SSSR count). The van der Waals surface area contributed by atoms with Crippen LogP contribution >= 0.6 is 0 Å². The summed E-state index contributed by atoms with van der Waals surface area (Å²) in [5.41, 5.74) is 2.60. The molecule has 3 heteroatoms. The van der Waals surface area contributed by atoms with Gasteiger partial charge in [-0.05, 0) is 25.5 Å². The first-order valence-electron chi connectivity index (χ1n) is 6.79. The molecule has 0 aromatic heterocycles. The highest BCUT2D eigenvalue weighted by Crippen LogP contribution is 2.17. The van der Waals surface area contributed by atoms with Crippen LogP contribution < -0.4 is 5.32 Å². The number of aryl methyl sites for hydroxylation is 1. The lowest BCUT2D eigenvalue weighted by atomic mass is 10.0. The van der Waals surface area contributed by atoms with Gasteiger partial charge in [0, 0.05) is 0 Å². The third kappa shape index (κ3) is 3.80. The van der Waals surface area contributed by atoms with Crippen molar-refractivity contribution in [2.45, 2.75) is 32.4 Å². The summed E-state index contributed by atoms with van der Waals surface area (Å²) < 4.78 is 11.0. The van der Waals surface area contributed by atoms with Gasteiger partial charge in [0.15, 0.2) is 0 Å². The third-order valence-electron chi connectivity index (χ3n) is 3.19. The minimum atomic E-state index is 0.283. The average molecular weight is 249 g/mol. The fraction of sp³-hybridized carbons (Fsp3) is 0.600. The molecule has 1 saturated heterocycles. The van der Waals surface area contributed by atoms with Crippen molar-refractivity contribution in [2.24, 2.45) is 0 Å². The molecule has 0 aliphatic carbocycles. The summed E-state index contributed by atoms with van der Waals surface area (Å²) in [7, 11) is 0. The maximum atomic E-state index is 5.84. The van der Waals surface area contributed by atoms with Crippen molar-refractivity contribution in [3.05, 3.63) is 35.4 Å². The fourth-order valence-corrected chi connectivity index (χ4v) is 2.02. The summed E-state index contributed by atoms with van der Waals surface area (Å²) in [6.45, 7) is 7.53. The van der Waals surface area contributed by atoms with Gasteiger partial charge in [-0.3, -0.25) is 0 Å². The fourth-order valence-electron chi connectivity index (χ4n) is 2.02. The highest BCUT2D eigenvalue weighted by atomic mass is 16.6. The van der Waals surface area contributed by atoms with Gasteiger partial charge in [0.2, 0.25) is 0 Å². The number of nitrogens with one attached hydrogen (secondary N) is 1. The predicted molar refractivity (Wildman–Crippen MR) is 72.8 cm³/mol. The lowest BCUT2D eigenvalue weighted by molar-refractivity contribution is -0.133. The van der Waals surface area contributed by atoms with Crippen LogP contribution in [0.2, 0.25) is 0 Å². The molecule has 1 unspecified atom stereocenters. The van der Waals surface area contributed by atoms with Gasteiger partial charge in [0.1, 0.15) is 6.10 Å². The second kappa shape index (κ2) is 6.88. The Balaban J connectivity index is 1.94. The van der Waals surface area contributed by atoms with Crippen LogP contribution in [0.3, 0.4) is 0 Å². The maximum absolute atomic E-state index is 5.84. The van der Waals surface area contributed by atoms with E-state index in [-0.39, 0.29) is 6.04 Å². The van der Waals surface area contributed by atoms with Crippen LogP contribution in [0.4, 0.5) is 0 Å². The van der Waals surface area contributed by atoms with Crippen LogP contribution in [0.25, 0.3) is 0 Å². The molecule has 100 valence electrons. The molecule has 1 heterocycles. The van der Waals surface area contributed by atoms with Crippen LogP contribution in [0, 0.1) is 6.92 Å². The first-order valence-corrected chi connectivity index (χ1v) is 6.79. The summed E-state index contributed by atoms with van der Waals surface area (Å²) in [4.78, 5) is 0. The van der Waals surface area contributed by atoms with Crippen LogP contribution in [0.1, 0.15) is 30.5 Å². The molecule has 18 heavy (non-hydrogen) atoms. The van der Waals surface area contributed by atoms with E-state index in [0.717, 1.165) is 32.8 Å². The Morgan fingerprint density at radius 1 is 1.44 bits per heavy atom. The van der Waals surface area contributed by atoms with Crippen molar-refractivity contribution >= 4 is 0 Å². The first kappa shape index (κ1) is 13.5. The molecule has 0 amide bonds. The Hall–Kier alpha value is -0.900. The van der Waals surface area contributed by atoms with Gasteiger partial charge in [0.25, 0.3) is 0 Å². The molecule has 1 aromatic rings. The highest BCUT2D eigenvalue weighted by Gasteiger charge is 2.21. The van der Waals surface area contributed by atoms with Gasteiger partial charge in [-0.2, -0.15) is 0 Å². The normalized spacial score (nSPS) is 17.4. The van der Waals surface area contributed by atoms with Gasteiger partial charge >= 0.3 is 0 Å². The van der Waals surface area contributed by atoms with Crippen molar-refractivity contribution < 1.29 is 9.47 Å². The van der Waals surface area contributed by atoms with E-state index >= 15 is 0 Å². The minimum absolute atomic E-state index is 0.283. The topological polar surface area (TPSA) is 30.5 Å². The summed E-state index contributed by atoms with van der Waals surface area (Å²) in [6.07, 6.45) is 1.43. The Morgan fingerprint density at radius 2 is 2.28 bits per heavy atom. The zero-order valence-electron chi connectivity index (χ0n) is 11.3. The smallest absolute Gasteiger partial charge is 0.104 e. The lowest BCUT2D eigenvalue weighted by Crippen LogP contribution is -2.38. The molecule has 1 N–H and O–H groups in total. The van der Waals surface area contributed by atoms with Crippen LogP contribution in [0.5, 0.6) is 0 Å². The molecule has 3 nitrogen and oxygen atoms in total. The second-order valence-corrected chi connectivity index (χ2v) is 4.91. The number of rotatable bonds is 7. The number of hydrogen-bond acceptors (Lipinski definition) is 3. The van der Waals surface area contributed by atoms with E-state index in [1.807, 2.05) is 0 Å². The van der Waals surface area contributed by atoms with Gasteiger partial charge < -0.3 is 14.8 Å². The largest absolute Gasteiger partial charge is 0.376 e. The van der Waals surface area contributed by atoms with Crippen molar-refractivity contribution in [3.8, 4) is 0 Å². The monoisotopic (exact) mass is 249 g/mol. The van der Waals surface area contributed by atoms with Crippen LogP contribution in [0.15, 0.2) is 24.3 Å². The van der Waals surface area contributed by atoms with E-state index in [4.69, 9.17) is 9.47 Å². The summed E-state index contributed by atoms with van der Waals surface area (Å²) in [6, 6.07) is 8.92. The first-order chi connectivity index (χ1) is 8.79. The number of benzene rings is 1. The highest BCUT2D eigenvalue weighted by molar-refractivity contribution is 5.25. The number of ether oxygens (including phenoxy) is 2. The van der Waals surface area contributed by atoms with E-state index in [2.05, 4.69) is 43.4 Å². The molecular weight excluding hydrogens is 226 g/mol. The zero-order chi connectivity index (χ0) is 12.8. The van der Waals surface area contributed by atoms with Gasteiger partial charge in [0.05, 0.1) is 25.9 Å². The Labute approximate surface area is 109 Å². The van der Waals surface area contributed by atoms with E-state index in [9.17, 15) is 0 Å². The summed E-state index contributed by atoms with van der Waals surface area (Å²) >= 11 is 0. The molecule has 1 aliphatic rings. The minimum Gasteiger partial charge on any atom is -0.376 e. The van der Waals surface area contributed by atoms with Gasteiger partial charge in [-0.15, -0.1) is 0 Å². The quantitative estimate of drug-likeness (QED) is 0.805. The molecule has 1 aliphatic heterocycles. The van der Waals surface area contributed by atoms with E-state index in [1.54, 1.807) is 0 Å². The van der Waals surface area contributed by atoms with Gasteiger partial charge in [-0.25, -0.2) is 0 Å². The van der Waals surface area contributed by atoms with Crippen molar-refractivity contribution in [1.82, 2.24) is 5.32 Å². The standard InChI is InChI=1S/C15H23NO2/c1-3-7-16-15(11-18-14-9-17-10-14)13-6-4-5-12(2)8-13/h4-6,8,14-16H,3,7,9-11H2,1-2H3. The molecule has 1 aromatic carbocycles. The second-order valence-electron chi connectivity index (χ2n) is 4.91. The van der Waals surface area contributed by atoms with Crippen LogP contribution in [-0.2, 0) is 9.47 Å². The van der Waals surface area contributed by atoms with Crippen molar-refractivity contribution in [3.63, 3.8) is 0 Å². The Bertz CT molecular complexity index is 363. The van der Waals surface area contributed by atoms with Crippen molar-refractivity contribution in [1.29, 1.82) is 0 Å².